The Bertz CT molecular complexity index is 459. The van der Waals surface area contributed by atoms with Crippen molar-refractivity contribution in [3.63, 3.8) is 0 Å². The van der Waals surface area contributed by atoms with Crippen molar-refractivity contribution in [1.82, 2.24) is 0 Å². The van der Waals surface area contributed by atoms with E-state index in [0.717, 1.165) is 5.56 Å². The quantitative estimate of drug-likeness (QED) is 0.641. The Hall–Kier alpha value is -2.03. The first kappa shape index (κ1) is 13.0. The molecule has 90 valence electrons. The number of rotatable bonds is 4. The van der Waals surface area contributed by atoms with E-state index in [1.54, 1.807) is 25.1 Å². The summed E-state index contributed by atoms with van der Waals surface area (Å²) in [5.74, 6) is -0.199. The molecule has 0 unspecified atom stereocenters. The van der Waals surface area contributed by atoms with Crippen LogP contribution in [-0.2, 0) is 9.53 Å². The van der Waals surface area contributed by atoms with Crippen LogP contribution in [0, 0.1) is 6.92 Å². The van der Waals surface area contributed by atoms with Gasteiger partial charge >= 0.3 is 5.97 Å². The van der Waals surface area contributed by atoms with E-state index < -0.39 is 5.97 Å². The Balaban J connectivity index is 2.54. The third kappa shape index (κ3) is 4.15. The van der Waals surface area contributed by atoms with Gasteiger partial charge in [-0.1, -0.05) is 24.8 Å². The Morgan fingerprint density at radius 3 is 2.82 bits per heavy atom. The normalized spacial score (nSPS) is 10.5. The standard InChI is InChI=1S/C14H16O3/c1-10(2)14(16)17-8-4-5-12-7-6-11(3)9-13(12)15/h4-7,9,15H,1,8H2,2-3H3/b5-4+. The SMILES string of the molecule is C=C(C)C(=O)OC/C=C/c1ccc(C)cc1O. The monoisotopic (exact) mass is 232 g/mol. The van der Waals surface area contributed by atoms with Gasteiger partial charge in [0.15, 0.2) is 0 Å². The van der Waals surface area contributed by atoms with Crippen molar-refractivity contribution in [3.05, 3.63) is 47.6 Å². The summed E-state index contributed by atoms with van der Waals surface area (Å²) in [6.07, 6.45) is 3.38. The zero-order valence-electron chi connectivity index (χ0n) is 10.1. The molecule has 0 spiro atoms. The molecule has 0 amide bonds. The first-order chi connectivity index (χ1) is 8.00. The van der Waals surface area contributed by atoms with Crippen molar-refractivity contribution in [2.24, 2.45) is 0 Å². The average Bonchev–Trinajstić information content (AvgIpc) is 2.26. The van der Waals surface area contributed by atoms with E-state index >= 15 is 0 Å². The summed E-state index contributed by atoms with van der Waals surface area (Å²) in [5.41, 5.74) is 2.06. The molecule has 0 saturated heterocycles. The molecular formula is C14H16O3. The minimum absolute atomic E-state index is 0.166. The molecule has 0 aliphatic rings. The van der Waals surface area contributed by atoms with E-state index in [9.17, 15) is 9.90 Å². The van der Waals surface area contributed by atoms with Gasteiger partial charge in [0.1, 0.15) is 12.4 Å². The van der Waals surface area contributed by atoms with Crippen LogP contribution in [-0.4, -0.2) is 17.7 Å². The highest BCUT2D eigenvalue weighted by Gasteiger charge is 2.00. The number of hydrogen-bond donors (Lipinski definition) is 1. The number of ether oxygens (including phenoxy) is 1. The van der Waals surface area contributed by atoms with Gasteiger partial charge in [0.25, 0.3) is 0 Å². The van der Waals surface area contributed by atoms with Crippen molar-refractivity contribution in [2.45, 2.75) is 13.8 Å². The fraction of sp³-hybridized carbons (Fsp3) is 0.214. The van der Waals surface area contributed by atoms with E-state index in [4.69, 9.17) is 4.74 Å². The number of hydrogen-bond acceptors (Lipinski definition) is 3. The smallest absolute Gasteiger partial charge is 0.333 e. The Morgan fingerprint density at radius 2 is 2.24 bits per heavy atom. The van der Waals surface area contributed by atoms with Crippen molar-refractivity contribution in [1.29, 1.82) is 0 Å². The maximum absolute atomic E-state index is 11.1. The van der Waals surface area contributed by atoms with Crippen LogP contribution in [0.25, 0.3) is 6.08 Å². The number of aromatic hydroxyl groups is 1. The summed E-state index contributed by atoms with van der Waals surface area (Å²) >= 11 is 0. The fourth-order valence-electron chi connectivity index (χ4n) is 1.22. The number of benzene rings is 1. The molecule has 1 rings (SSSR count). The van der Waals surface area contributed by atoms with E-state index in [1.165, 1.54) is 0 Å². The molecular weight excluding hydrogens is 216 g/mol. The van der Waals surface area contributed by atoms with Gasteiger partial charge in [-0.15, -0.1) is 0 Å². The van der Waals surface area contributed by atoms with Crippen LogP contribution < -0.4 is 0 Å². The molecule has 0 radical (unpaired) electrons. The molecule has 0 atom stereocenters. The van der Waals surface area contributed by atoms with Crippen molar-refractivity contribution < 1.29 is 14.6 Å². The second-order valence-corrected chi connectivity index (χ2v) is 3.84. The lowest BCUT2D eigenvalue weighted by Crippen LogP contribution is -2.04. The molecule has 3 heteroatoms. The third-order valence-corrected chi connectivity index (χ3v) is 2.14. The molecule has 17 heavy (non-hydrogen) atoms. The second kappa shape index (κ2) is 5.89. The first-order valence-electron chi connectivity index (χ1n) is 5.29. The number of carbonyl (C=O) groups excluding carboxylic acids is 1. The van der Waals surface area contributed by atoms with Crippen LogP contribution in [0.1, 0.15) is 18.1 Å². The van der Waals surface area contributed by atoms with Gasteiger partial charge in [0.2, 0.25) is 0 Å². The van der Waals surface area contributed by atoms with Crippen LogP contribution in [0.5, 0.6) is 5.75 Å². The molecule has 0 aromatic heterocycles. The number of phenolic OH excluding ortho intramolecular Hbond substituents is 1. The lowest BCUT2D eigenvalue weighted by Gasteiger charge is -2.01. The highest BCUT2D eigenvalue weighted by molar-refractivity contribution is 5.87. The third-order valence-electron chi connectivity index (χ3n) is 2.14. The Kier molecular flexibility index (Phi) is 4.52. The van der Waals surface area contributed by atoms with Crippen LogP contribution in [0.2, 0.25) is 0 Å². The van der Waals surface area contributed by atoms with Crippen molar-refractivity contribution >= 4 is 12.0 Å². The Morgan fingerprint density at radius 1 is 1.53 bits per heavy atom. The summed E-state index contributed by atoms with van der Waals surface area (Å²) < 4.78 is 4.88. The topological polar surface area (TPSA) is 46.5 Å². The molecule has 1 aromatic rings. The summed E-state index contributed by atoms with van der Waals surface area (Å²) in [6.45, 7) is 7.14. The minimum Gasteiger partial charge on any atom is -0.507 e. The number of carbonyl (C=O) groups is 1. The molecule has 0 aliphatic heterocycles. The molecule has 1 N–H and O–H groups in total. The van der Waals surface area contributed by atoms with Gasteiger partial charge in [-0.2, -0.15) is 0 Å². The van der Waals surface area contributed by atoms with Crippen LogP contribution >= 0.6 is 0 Å². The maximum atomic E-state index is 11.1. The first-order valence-corrected chi connectivity index (χ1v) is 5.29. The molecule has 3 nitrogen and oxygen atoms in total. The van der Waals surface area contributed by atoms with Gasteiger partial charge in [-0.3, -0.25) is 0 Å². The summed E-state index contributed by atoms with van der Waals surface area (Å²) in [5, 5.41) is 9.61. The van der Waals surface area contributed by atoms with Crippen molar-refractivity contribution in [3.8, 4) is 5.75 Å². The van der Waals surface area contributed by atoms with Crippen LogP contribution in [0.3, 0.4) is 0 Å². The van der Waals surface area contributed by atoms with E-state index in [0.29, 0.717) is 11.1 Å². The molecule has 0 saturated carbocycles. The molecule has 0 fully saturated rings. The van der Waals surface area contributed by atoms with E-state index in [-0.39, 0.29) is 12.4 Å². The second-order valence-electron chi connectivity index (χ2n) is 3.84. The number of aryl methyl sites for hydroxylation is 1. The Labute approximate surface area is 101 Å². The average molecular weight is 232 g/mol. The highest BCUT2D eigenvalue weighted by atomic mass is 16.5. The lowest BCUT2D eigenvalue weighted by molar-refractivity contribution is -0.137. The van der Waals surface area contributed by atoms with Gasteiger partial charge in [0.05, 0.1) is 0 Å². The predicted octanol–water partition coefficient (Wildman–Crippen LogP) is 2.83. The fourth-order valence-corrected chi connectivity index (χ4v) is 1.22. The zero-order valence-corrected chi connectivity index (χ0v) is 10.1. The summed E-state index contributed by atoms with van der Waals surface area (Å²) in [4.78, 5) is 11.1. The minimum atomic E-state index is -0.414. The number of esters is 1. The highest BCUT2D eigenvalue weighted by Crippen LogP contribution is 2.19. The predicted molar refractivity (Wildman–Crippen MR) is 67.7 cm³/mol. The van der Waals surface area contributed by atoms with Gasteiger partial charge in [-0.25, -0.2) is 4.79 Å². The van der Waals surface area contributed by atoms with Crippen molar-refractivity contribution in [2.75, 3.05) is 6.61 Å². The lowest BCUT2D eigenvalue weighted by atomic mass is 10.1. The maximum Gasteiger partial charge on any atom is 0.333 e. The molecule has 0 bridgehead atoms. The summed E-state index contributed by atoms with van der Waals surface area (Å²) in [7, 11) is 0. The molecule has 1 aromatic carbocycles. The molecule has 0 aliphatic carbocycles. The summed E-state index contributed by atoms with van der Waals surface area (Å²) in [6, 6.07) is 5.39. The van der Waals surface area contributed by atoms with Gasteiger partial charge in [-0.05, 0) is 31.6 Å². The van der Waals surface area contributed by atoms with E-state index in [1.807, 2.05) is 19.1 Å². The van der Waals surface area contributed by atoms with Gasteiger partial charge < -0.3 is 9.84 Å². The van der Waals surface area contributed by atoms with Gasteiger partial charge in [0, 0.05) is 11.1 Å². The van der Waals surface area contributed by atoms with E-state index in [2.05, 4.69) is 6.58 Å². The molecule has 0 heterocycles. The number of phenols is 1. The largest absolute Gasteiger partial charge is 0.507 e. The van der Waals surface area contributed by atoms with Crippen LogP contribution in [0.4, 0.5) is 0 Å². The van der Waals surface area contributed by atoms with Crippen LogP contribution in [0.15, 0.2) is 36.4 Å². The zero-order chi connectivity index (χ0) is 12.8.